The molecule has 3 aromatic rings. The standard InChI is InChI=1S/C33H38O5S/c1-28-16-18-32(19-17-28)39(34,35)22-10-20-33(23-31-15-8-9-21-38-31,26-36-24-29-11-4-2-5-12-29)27-37-25-30-13-6-3-7-14-30/h2-7,11-14,16-19,31H,8-9,15,20-21,23-27H2,1H3. The van der Waals surface area contributed by atoms with Crippen molar-refractivity contribution >= 4 is 9.84 Å². The van der Waals surface area contributed by atoms with Crippen LogP contribution >= 0.6 is 0 Å². The average Bonchev–Trinajstić information content (AvgIpc) is 2.95. The summed E-state index contributed by atoms with van der Waals surface area (Å²) >= 11 is 0. The van der Waals surface area contributed by atoms with Crippen LogP contribution < -0.4 is 0 Å². The van der Waals surface area contributed by atoms with Gasteiger partial charge in [0.05, 0.1) is 37.4 Å². The summed E-state index contributed by atoms with van der Waals surface area (Å²) in [6.45, 7) is 4.36. The van der Waals surface area contributed by atoms with Gasteiger partial charge in [-0.25, -0.2) is 8.42 Å². The molecule has 1 heterocycles. The molecule has 3 aromatic carbocycles. The van der Waals surface area contributed by atoms with E-state index in [9.17, 15) is 8.42 Å². The second-order valence-corrected chi connectivity index (χ2v) is 12.1. The summed E-state index contributed by atoms with van der Waals surface area (Å²) in [4.78, 5) is 0.211. The number of hydrogen-bond donors (Lipinski definition) is 0. The molecule has 0 saturated carbocycles. The molecule has 0 radical (unpaired) electrons. The highest BCUT2D eigenvalue weighted by Crippen LogP contribution is 2.34. The third-order valence-corrected chi connectivity index (χ3v) is 8.28. The first-order valence-corrected chi connectivity index (χ1v) is 15.1. The van der Waals surface area contributed by atoms with Gasteiger partial charge in [0.15, 0.2) is 0 Å². The molecule has 1 saturated heterocycles. The monoisotopic (exact) mass is 546 g/mol. The molecular weight excluding hydrogens is 508 g/mol. The topological polar surface area (TPSA) is 61.8 Å². The first-order chi connectivity index (χ1) is 18.9. The summed E-state index contributed by atoms with van der Waals surface area (Å²) in [5.74, 6) is 3.01. The van der Waals surface area contributed by atoms with Gasteiger partial charge in [-0.05, 0) is 55.9 Å². The smallest absolute Gasteiger partial charge is 0.245 e. The van der Waals surface area contributed by atoms with Crippen LogP contribution in [0.15, 0.2) is 89.8 Å². The molecule has 0 amide bonds. The van der Waals surface area contributed by atoms with Crippen molar-refractivity contribution in [1.29, 1.82) is 0 Å². The number of hydrogen-bond acceptors (Lipinski definition) is 5. The number of benzene rings is 3. The van der Waals surface area contributed by atoms with E-state index in [-0.39, 0.29) is 11.0 Å². The second kappa shape index (κ2) is 14.4. The Labute approximate surface area is 233 Å². The SMILES string of the molecule is Cc1ccc(S(=O)(=O)C#CCC(COCc2ccccc2)(COCc2ccccc2)CC2CCCCO2)cc1. The van der Waals surface area contributed by atoms with E-state index in [2.05, 4.69) is 11.2 Å². The Bertz CT molecular complexity index is 1260. The Kier molecular flexibility index (Phi) is 10.8. The number of ether oxygens (including phenoxy) is 3. The van der Waals surface area contributed by atoms with Crippen LogP contribution in [-0.2, 0) is 37.3 Å². The first kappa shape index (κ1) is 29.0. The minimum atomic E-state index is -3.73. The molecule has 1 aliphatic rings. The molecule has 0 N–H and O–H groups in total. The summed E-state index contributed by atoms with van der Waals surface area (Å²) in [6, 6.07) is 26.8. The van der Waals surface area contributed by atoms with Crippen LogP contribution in [0.3, 0.4) is 0 Å². The zero-order valence-electron chi connectivity index (χ0n) is 22.7. The molecular formula is C33H38O5S. The van der Waals surface area contributed by atoms with Crippen LogP contribution in [0.1, 0.15) is 48.8 Å². The largest absolute Gasteiger partial charge is 0.378 e. The summed E-state index contributed by atoms with van der Waals surface area (Å²) in [6.07, 6.45) is 4.22. The quantitative estimate of drug-likeness (QED) is 0.192. The van der Waals surface area contributed by atoms with Crippen molar-refractivity contribution in [3.8, 4) is 11.2 Å². The van der Waals surface area contributed by atoms with Crippen LogP contribution in [-0.4, -0.2) is 34.3 Å². The molecule has 39 heavy (non-hydrogen) atoms. The van der Waals surface area contributed by atoms with Gasteiger partial charge in [0.1, 0.15) is 0 Å². The van der Waals surface area contributed by atoms with Crippen molar-refractivity contribution in [2.45, 2.75) is 63.2 Å². The van der Waals surface area contributed by atoms with Crippen LogP contribution in [0.4, 0.5) is 0 Å². The minimum absolute atomic E-state index is 0.0647. The van der Waals surface area contributed by atoms with Crippen molar-refractivity contribution in [1.82, 2.24) is 0 Å². The van der Waals surface area contributed by atoms with Crippen LogP contribution in [0, 0.1) is 23.5 Å². The van der Waals surface area contributed by atoms with Gasteiger partial charge < -0.3 is 14.2 Å². The fraction of sp³-hybridized carbons (Fsp3) is 0.394. The predicted molar refractivity (Wildman–Crippen MR) is 154 cm³/mol. The minimum Gasteiger partial charge on any atom is -0.378 e. The molecule has 1 unspecified atom stereocenters. The van der Waals surface area contributed by atoms with Gasteiger partial charge in [-0.2, -0.15) is 0 Å². The molecule has 206 valence electrons. The van der Waals surface area contributed by atoms with E-state index in [4.69, 9.17) is 14.2 Å². The summed E-state index contributed by atoms with van der Waals surface area (Å²) < 4.78 is 44.5. The molecule has 0 spiro atoms. The van der Waals surface area contributed by atoms with Gasteiger partial charge in [-0.15, -0.1) is 0 Å². The molecule has 0 aliphatic carbocycles. The highest BCUT2D eigenvalue weighted by atomic mass is 32.2. The van der Waals surface area contributed by atoms with E-state index in [1.807, 2.05) is 67.6 Å². The number of sulfone groups is 1. The van der Waals surface area contributed by atoms with Gasteiger partial charge in [0.25, 0.3) is 0 Å². The maximum Gasteiger partial charge on any atom is 0.245 e. The normalized spacial score (nSPS) is 15.9. The van der Waals surface area contributed by atoms with Gasteiger partial charge in [-0.3, -0.25) is 0 Å². The first-order valence-electron chi connectivity index (χ1n) is 13.6. The lowest BCUT2D eigenvalue weighted by atomic mass is 9.79. The molecule has 6 heteroatoms. The van der Waals surface area contributed by atoms with E-state index < -0.39 is 15.3 Å². The molecule has 5 nitrogen and oxygen atoms in total. The predicted octanol–water partition coefficient (Wildman–Crippen LogP) is 6.50. The van der Waals surface area contributed by atoms with E-state index in [1.165, 1.54) is 0 Å². The average molecular weight is 547 g/mol. The van der Waals surface area contributed by atoms with Gasteiger partial charge >= 0.3 is 0 Å². The van der Waals surface area contributed by atoms with Gasteiger partial charge in [-0.1, -0.05) is 84.3 Å². The molecule has 1 aliphatic heterocycles. The highest BCUT2D eigenvalue weighted by Gasteiger charge is 2.35. The molecule has 1 atom stereocenters. The Balaban J connectivity index is 1.55. The lowest BCUT2D eigenvalue weighted by Gasteiger charge is -2.36. The Morgan fingerprint density at radius 1 is 0.846 bits per heavy atom. The number of rotatable bonds is 12. The molecule has 4 rings (SSSR count). The van der Waals surface area contributed by atoms with Crippen molar-refractivity contribution in [2.24, 2.45) is 5.41 Å². The van der Waals surface area contributed by atoms with Crippen LogP contribution in [0.5, 0.6) is 0 Å². The van der Waals surface area contributed by atoms with E-state index in [1.54, 1.807) is 24.3 Å². The van der Waals surface area contributed by atoms with Crippen molar-refractivity contribution in [3.05, 3.63) is 102 Å². The lowest BCUT2D eigenvalue weighted by molar-refractivity contribution is -0.0766. The second-order valence-electron chi connectivity index (χ2n) is 10.4. The lowest BCUT2D eigenvalue weighted by Crippen LogP contribution is -2.38. The summed E-state index contributed by atoms with van der Waals surface area (Å²) in [7, 11) is -3.73. The Morgan fingerprint density at radius 3 is 1.97 bits per heavy atom. The van der Waals surface area contributed by atoms with Crippen LogP contribution in [0.25, 0.3) is 0 Å². The third-order valence-electron chi connectivity index (χ3n) is 6.98. The summed E-state index contributed by atoms with van der Waals surface area (Å²) in [5, 5.41) is 2.57. The zero-order chi connectivity index (χ0) is 27.4. The zero-order valence-corrected chi connectivity index (χ0v) is 23.5. The van der Waals surface area contributed by atoms with Crippen molar-refractivity contribution in [2.75, 3.05) is 19.8 Å². The molecule has 0 bridgehead atoms. The maximum absolute atomic E-state index is 13.0. The number of aryl methyl sites for hydroxylation is 1. The van der Waals surface area contributed by atoms with E-state index >= 15 is 0 Å². The fourth-order valence-corrected chi connectivity index (χ4v) is 5.67. The van der Waals surface area contributed by atoms with E-state index in [0.29, 0.717) is 39.3 Å². The van der Waals surface area contributed by atoms with Gasteiger partial charge in [0.2, 0.25) is 9.84 Å². The third kappa shape index (κ3) is 9.33. The van der Waals surface area contributed by atoms with Crippen molar-refractivity contribution in [3.63, 3.8) is 0 Å². The Hall–Kier alpha value is -2.95. The molecule has 0 aromatic heterocycles. The van der Waals surface area contributed by atoms with Crippen molar-refractivity contribution < 1.29 is 22.6 Å². The van der Waals surface area contributed by atoms with Gasteiger partial charge in [0, 0.05) is 23.7 Å². The molecule has 1 fully saturated rings. The summed E-state index contributed by atoms with van der Waals surface area (Å²) in [5.41, 5.74) is 2.64. The van der Waals surface area contributed by atoms with Crippen LogP contribution in [0.2, 0.25) is 0 Å². The maximum atomic E-state index is 13.0. The highest BCUT2D eigenvalue weighted by molar-refractivity contribution is 7.96. The fourth-order valence-electron chi connectivity index (χ4n) is 4.80. The Morgan fingerprint density at radius 2 is 1.44 bits per heavy atom. The van der Waals surface area contributed by atoms with E-state index in [0.717, 1.165) is 42.6 Å².